The Hall–Kier alpha value is -3.54. The third kappa shape index (κ3) is 2.93. The zero-order chi connectivity index (χ0) is 18.1. The predicted octanol–water partition coefficient (Wildman–Crippen LogP) is 5.03. The van der Waals surface area contributed by atoms with Crippen LogP contribution in [0.5, 0.6) is 0 Å². The van der Waals surface area contributed by atoms with Gasteiger partial charge in [-0.05, 0) is 30.3 Å². The minimum Gasteiger partial charge on any atom is -0.355 e. The summed E-state index contributed by atoms with van der Waals surface area (Å²) in [6, 6.07) is 17.5. The summed E-state index contributed by atoms with van der Waals surface area (Å²) in [6.07, 6.45) is 0. The highest BCUT2D eigenvalue weighted by molar-refractivity contribution is 6.07. The zero-order valence-corrected chi connectivity index (χ0v) is 13.4. The maximum absolute atomic E-state index is 13.3. The molecule has 26 heavy (non-hydrogen) atoms. The monoisotopic (exact) mass is 350 g/mol. The van der Waals surface area contributed by atoms with Gasteiger partial charge in [0.2, 0.25) is 0 Å². The number of benzene rings is 3. The summed E-state index contributed by atoms with van der Waals surface area (Å²) in [5.41, 5.74) is 1.98. The molecule has 0 aliphatic rings. The average Bonchev–Trinajstić information content (AvgIpc) is 3.08. The number of hydrogen-bond donors (Lipinski definition) is 1. The second-order valence-electron chi connectivity index (χ2n) is 5.69. The van der Waals surface area contributed by atoms with Crippen LogP contribution in [0.25, 0.3) is 22.2 Å². The van der Waals surface area contributed by atoms with Crippen LogP contribution in [0.2, 0.25) is 0 Å². The number of hydrogen-bond acceptors (Lipinski definition) is 3. The molecule has 6 heteroatoms. The predicted molar refractivity (Wildman–Crippen MR) is 93.8 cm³/mol. The Labute approximate surface area is 147 Å². The standard InChI is InChI=1S/C20H12F2N2O2/c21-16-8-7-14(11-17(16)22)23-20(25)13-6-9-18-15(10-13)19(26-24-18)12-4-2-1-3-5-12/h1-11H,(H,23,25). The SMILES string of the molecule is O=C(Nc1ccc(F)c(F)c1)c1ccc2noc(-c3ccccc3)c2c1. The molecular formula is C20H12F2N2O2. The van der Waals surface area contributed by atoms with Crippen molar-refractivity contribution in [3.8, 4) is 11.3 Å². The minimum atomic E-state index is -1.02. The Morgan fingerprint density at radius 1 is 0.923 bits per heavy atom. The molecule has 0 unspecified atom stereocenters. The number of halogens is 2. The fourth-order valence-electron chi connectivity index (χ4n) is 2.66. The lowest BCUT2D eigenvalue weighted by atomic mass is 10.1. The highest BCUT2D eigenvalue weighted by Crippen LogP contribution is 2.29. The summed E-state index contributed by atoms with van der Waals surface area (Å²) in [5, 5.41) is 7.24. The normalized spacial score (nSPS) is 10.8. The Bertz CT molecular complexity index is 1110. The third-order valence-corrected chi connectivity index (χ3v) is 3.95. The summed E-state index contributed by atoms with van der Waals surface area (Å²) in [7, 11) is 0. The highest BCUT2D eigenvalue weighted by atomic mass is 19.2. The van der Waals surface area contributed by atoms with Crippen LogP contribution in [0, 0.1) is 11.6 Å². The van der Waals surface area contributed by atoms with Crippen molar-refractivity contribution in [1.29, 1.82) is 0 Å². The van der Waals surface area contributed by atoms with Crippen molar-refractivity contribution in [3.63, 3.8) is 0 Å². The molecule has 0 atom stereocenters. The largest absolute Gasteiger partial charge is 0.355 e. The molecule has 0 saturated carbocycles. The summed E-state index contributed by atoms with van der Waals surface area (Å²) in [6.45, 7) is 0. The van der Waals surface area contributed by atoms with Crippen molar-refractivity contribution in [2.45, 2.75) is 0 Å². The second-order valence-corrected chi connectivity index (χ2v) is 5.69. The number of nitrogens with one attached hydrogen (secondary N) is 1. The van der Waals surface area contributed by atoms with Gasteiger partial charge in [0.25, 0.3) is 5.91 Å². The van der Waals surface area contributed by atoms with E-state index < -0.39 is 17.5 Å². The molecular weight excluding hydrogens is 338 g/mol. The molecule has 0 radical (unpaired) electrons. The molecule has 128 valence electrons. The molecule has 0 fully saturated rings. The molecule has 4 aromatic rings. The van der Waals surface area contributed by atoms with Gasteiger partial charge in [-0.25, -0.2) is 8.78 Å². The van der Waals surface area contributed by atoms with E-state index in [1.807, 2.05) is 30.3 Å². The third-order valence-electron chi connectivity index (χ3n) is 3.95. The smallest absolute Gasteiger partial charge is 0.255 e. The van der Waals surface area contributed by atoms with Gasteiger partial charge in [0, 0.05) is 22.9 Å². The number of nitrogens with zero attached hydrogens (tertiary/aromatic N) is 1. The van der Waals surface area contributed by atoms with Gasteiger partial charge in [0.1, 0.15) is 5.52 Å². The van der Waals surface area contributed by atoms with E-state index in [2.05, 4.69) is 10.5 Å². The van der Waals surface area contributed by atoms with Gasteiger partial charge in [-0.15, -0.1) is 0 Å². The molecule has 1 aromatic heterocycles. The Morgan fingerprint density at radius 3 is 2.50 bits per heavy atom. The Morgan fingerprint density at radius 2 is 1.73 bits per heavy atom. The number of carbonyl (C=O) groups excluding carboxylic acids is 1. The van der Waals surface area contributed by atoms with Crippen LogP contribution in [0.1, 0.15) is 10.4 Å². The van der Waals surface area contributed by atoms with Crippen LogP contribution in [0.15, 0.2) is 71.3 Å². The van der Waals surface area contributed by atoms with Crippen LogP contribution in [0.4, 0.5) is 14.5 Å². The van der Waals surface area contributed by atoms with Gasteiger partial charge < -0.3 is 9.84 Å². The first-order chi connectivity index (χ1) is 12.6. The summed E-state index contributed by atoms with van der Waals surface area (Å²) >= 11 is 0. The lowest BCUT2D eigenvalue weighted by Crippen LogP contribution is -2.12. The first-order valence-corrected chi connectivity index (χ1v) is 7.83. The maximum atomic E-state index is 13.3. The topological polar surface area (TPSA) is 55.1 Å². The van der Waals surface area contributed by atoms with Crippen LogP contribution in [-0.4, -0.2) is 11.1 Å². The summed E-state index contributed by atoms with van der Waals surface area (Å²) in [5.74, 6) is -1.88. The van der Waals surface area contributed by atoms with E-state index in [0.29, 0.717) is 22.2 Å². The van der Waals surface area contributed by atoms with Crippen LogP contribution >= 0.6 is 0 Å². The van der Waals surface area contributed by atoms with Crippen LogP contribution in [0.3, 0.4) is 0 Å². The number of rotatable bonds is 3. The molecule has 4 nitrogen and oxygen atoms in total. The van der Waals surface area contributed by atoms with E-state index in [9.17, 15) is 13.6 Å². The van der Waals surface area contributed by atoms with Gasteiger partial charge >= 0.3 is 0 Å². The number of fused-ring (bicyclic) bond motifs is 1. The zero-order valence-electron chi connectivity index (χ0n) is 13.4. The van der Waals surface area contributed by atoms with E-state index in [0.717, 1.165) is 17.7 Å². The molecule has 1 amide bonds. The molecule has 0 aliphatic heterocycles. The number of amides is 1. The van der Waals surface area contributed by atoms with Crippen molar-refractivity contribution in [1.82, 2.24) is 5.16 Å². The van der Waals surface area contributed by atoms with E-state index in [1.165, 1.54) is 6.07 Å². The molecule has 0 saturated heterocycles. The van der Waals surface area contributed by atoms with Crippen molar-refractivity contribution in [2.75, 3.05) is 5.32 Å². The Balaban J connectivity index is 1.68. The highest BCUT2D eigenvalue weighted by Gasteiger charge is 2.14. The fourth-order valence-corrected chi connectivity index (χ4v) is 2.66. The molecule has 1 N–H and O–H groups in total. The summed E-state index contributed by atoms with van der Waals surface area (Å²) in [4.78, 5) is 12.4. The molecule has 1 heterocycles. The van der Waals surface area contributed by atoms with Gasteiger partial charge in [0.15, 0.2) is 17.4 Å². The number of carbonyl (C=O) groups is 1. The van der Waals surface area contributed by atoms with Crippen molar-refractivity contribution in [3.05, 3.63) is 83.9 Å². The molecule has 0 aliphatic carbocycles. The fraction of sp³-hybridized carbons (Fsp3) is 0. The van der Waals surface area contributed by atoms with E-state index in [1.54, 1.807) is 18.2 Å². The maximum Gasteiger partial charge on any atom is 0.255 e. The van der Waals surface area contributed by atoms with Crippen molar-refractivity contribution >= 4 is 22.5 Å². The van der Waals surface area contributed by atoms with E-state index >= 15 is 0 Å². The van der Waals surface area contributed by atoms with Crippen molar-refractivity contribution in [2.24, 2.45) is 0 Å². The van der Waals surface area contributed by atoms with Crippen LogP contribution < -0.4 is 5.32 Å². The molecule has 0 bridgehead atoms. The van der Waals surface area contributed by atoms with Gasteiger partial charge in [-0.2, -0.15) is 0 Å². The summed E-state index contributed by atoms with van der Waals surface area (Å²) < 4.78 is 31.7. The van der Waals surface area contributed by atoms with Gasteiger partial charge in [-0.3, -0.25) is 4.79 Å². The van der Waals surface area contributed by atoms with Gasteiger partial charge in [-0.1, -0.05) is 35.5 Å². The van der Waals surface area contributed by atoms with E-state index in [-0.39, 0.29) is 5.69 Å². The van der Waals surface area contributed by atoms with Crippen LogP contribution in [-0.2, 0) is 0 Å². The first kappa shape index (κ1) is 16.0. The molecule has 4 rings (SSSR count). The minimum absolute atomic E-state index is 0.169. The second kappa shape index (κ2) is 6.40. The number of aromatic nitrogens is 1. The Kier molecular flexibility index (Phi) is 3.93. The molecule has 0 spiro atoms. The van der Waals surface area contributed by atoms with Gasteiger partial charge in [0.05, 0.1) is 5.39 Å². The first-order valence-electron chi connectivity index (χ1n) is 7.83. The number of anilines is 1. The lowest BCUT2D eigenvalue weighted by molar-refractivity contribution is 0.102. The lowest BCUT2D eigenvalue weighted by Gasteiger charge is -2.06. The van der Waals surface area contributed by atoms with E-state index in [4.69, 9.17) is 4.52 Å². The quantitative estimate of drug-likeness (QED) is 0.564. The molecule has 3 aromatic carbocycles. The average molecular weight is 350 g/mol. The van der Waals surface area contributed by atoms with Crippen molar-refractivity contribution < 1.29 is 18.1 Å².